The predicted molar refractivity (Wildman–Crippen MR) is 87.0 cm³/mol. The first kappa shape index (κ1) is 16.8. The second kappa shape index (κ2) is 7.14. The van der Waals surface area contributed by atoms with Gasteiger partial charge in [0.2, 0.25) is 0 Å². The molecule has 1 aromatic carbocycles. The number of hydrogen-bond donors (Lipinski definition) is 0. The van der Waals surface area contributed by atoms with Gasteiger partial charge in [0.25, 0.3) is 0 Å². The maximum atomic E-state index is 12.3. The van der Waals surface area contributed by atoms with E-state index >= 15 is 0 Å². The fraction of sp³-hybridized carbons (Fsp3) is 0.611. The predicted octanol–water partition coefficient (Wildman–Crippen LogP) is 3.82. The summed E-state index contributed by atoms with van der Waals surface area (Å²) in [5, 5.41) is 0. The van der Waals surface area contributed by atoms with E-state index in [1.54, 1.807) is 4.90 Å². The Morgan fingerprint density at radius 3 is 2.55 bits per heavy atom. The minimum absolute atomic E-state index is 0.0219. The topological polar surface area (TPSA) is 38.8 Å². The van der Waals surface area contributed by atoms with Crippen LogP contribution in [0.25, 0.3) is 0 Å². The standard InChI is InChI=1S/C18H27NO3/c1-5-21-16-13-19(17(20)22-18(2,3)4)12-11-15(16)14-9-7-6-8-10-14/h6-10,15-16H,5,11-13H2,1-4H3/t15?,16-/m1/s1. The van der Waals surface area contributed by atoms with Crippen LogP contribution >= 0.6 is 0 Å². The Kier molecular flexibility index (Phi) is 5.46. The van der Waals surface area contributed by atoms with E-state index in [9.17, 15) is 4.79 Å². The first-order valence-corrected chi connectivity index (χ1v) is 8.05. The molecular formula is C18H27NO3. The van der Waals surface area contributed by atoms with Crippen LogP contribution in [0.5, 0.6) is 0 Å². The number of benzene rings is 1. The van der Waals surface area contributed by atoms with Crippen molar-refractivity contribution in [3.05, 3.63) is 35.9 Å². The van der Waals surface area contributed by atoms with Crippen LogP contribution < -0.4 is 0 Å². The van der Waals surface area contributed by atoms with E-state index in [0.29, 0.717) is 25.6 Å². The van der Waals surface area contributed by atoms with Gasteiger partial charge >= 0.3 is 6.09 Å². The zero-order valence-electron chi connectivity index (χ0n) is 14.0. The maximum Gasteiger partial charge on any atom is 0.410 e. The van der Waals surface area contributed by atoms with Crippen molar-refractivity contribution >= 4 is 6.09 Å². The lowest BCUT2D eigenvalue weighted by Crippen LogP contribution is -2.48. The molecule has 0 saturated carbocycles. The number of piperidine rings is 1. The lowest BCUT2D eigenvalue weighted by atomic mass is 9.87. The van der Waals surface area contributed by atoms with Crippen LogP contribution in [0.15, 0.2) is 30.3 Å². The van der Waals surface area contributed by atoms with Gasteiger partial charge in [-0.2, -0.15) is 0 Å². The third-order valence-corrected chi connectivity index (χ3v) is 3.82. The van der Waals surface area contributed by atoms with E-state index in [4.69, 9.17) is 9.47 Å². The summed E-state index contributed by atoms with van der Waals surface area (Å²) in [5.41, 5.74) is 0.818. The Labute approximate surface area is 133 Å². The average molecular weight is 305 g/mol. The molecule has 0 bridgehead atoms. The molecule has 0 aromatic heterocycles. The Hall–Kier alpha value is -1.55. The van der Waals surface area contributed by atoms with Gasteiger partial charge < -0.3 is 14.4 Å². The second-order valence-electron chi connectivity index (χ2n) is 6.73. The van der Waals surface area contributed by atoms with Crippen molar-refractivity contribution in [2.45, 2.75) is 51.7 Å². The van der Waals surface area contributed by atoms with Gasteiger partial charge in [-0.1, -0.05) is 30.3 Å². The van der Waals surface area contributed by atoms with E-state index in [1.165, 1.54) is 5.56 Å². The van der Waals surface area contributed by atoms with Crippen LogP contribution in [0.3, 0.4) is 0 Å². The highest BCUT2D eigenvalue weighted by Gasteiger charge is 2.34. The van der Waals surface area contributed by atoms with Gasteiger partial charge in [-0.15, -0.1) is 0 Å². The highest BCUT2D eigenvalue weighted by Crippen LogP contribution is 2.31. The van der Waals surface area contributed by atoms with Crippen molar-refractivity contribution < 1.29 is 14.3 Å². The van der Waals surface area contributed by atoms with Crippen molar-refractivity contribution in [3.8, 4) is 0 Å². The summed E-state index contributed by atoms with van der Waals surface area (Å²) in [5.74, 6) is 0.333. The average Bonchev–Trinajstić information content (AvgIpc) is 2.47. The monoisotopic (exact) mass is 305 g/mol. The van der Waals surface area contributed by atoms with Gasteiger partial charge in [-0.3, -0.25) is 0 Å². The molecule has 2 rings (SSSR count). The molecule has 1 fully saturated rings. The highest BCUT2D eigenvalue weighted by molar-refractivity contribution is 5.68. The summed E-state index contributed by atoms with van der Waals surface area (Å²) in [6, 6.07) is 10.4. The van der Waals surface area contributed by atoms with E-state index < -0.39 is 5.60 Å². The van der Waals surface area contributed by atoms with Crippen molar-refractivity contribution in [1.82, 2.24) is 4.90 Å². The number of carbonyl (C=O) groups excluding carboxylic acids is 1. The van der Waals surface area contributed by atoms with Crippen LogP contribution in [0.2, 0.25) is 0 Å². The van der Waals surface area contributed by atoms with Gasteiger partial charge in [0, 0.05) is 19.1 Å². The molecule has 0 spiro atoms. The van der Waals surface area contributed by atoms with E-state index in [1.807, 2.05) is 33.8 Å². The van der Waals surface area contributed by atoms with E-state index in [-0.39, 0.29) is 12.2 Å². The van der Waals surface area contributed by atoms with E-state index in [2.05, 4.69) is 24.3 Å². The van der Waals surface area contributed by atoms with Crippen LogP contribution in [-0.2, 0) is 9.47 Å². The summed E-state index contributed by atoms with van der Waals surface area (Å²) < 4.78 is 11.4. The Morgan fingerprint density at radius 1 is 1.27 bits per heavy atom. The zero-order chi connectivity index (χ0) is 16.2. The summed E-state index contributed by atoms with van der Waals surface area (Å²) in [4.78, 5) is 14.0. The van der Waals surface area contributed by atoms with Crippen LogP contribution in [-0.4, -0.2) is 42.4 Å². The van der Waals surface area contributed by atoms with Crippen molar-refractivity contribution in [2.24, 2.45) is 0 Å². The molecule has 1 saturated heterocycles. The van der Waals surface area contributed by atoms with Crippen LogP contribution in [0.1, 0.15) is 45.6 Å². The molecule has 1 heterocycles. The maximum absolute atomic E-state index is 12.3. The lowest BCUT2D eigenvalue weighted by Gasteiger charge is -2.39. The highest BCUT2D eigenvalue weighted by atomic mass is 16.6. The number of amides is 1. The Morgan fingerprint density at radius 2 is 1.95 bits per heavy atom. The minimum Gasteiger partial charge on any atom is -0.444 e. The molecule has 0 N–H and O–H groups in total. The minimum atomic E-state index is -0.464. The number of hydrogen-bond acceptors (Lipinski definition) is 3. The van der Waals surface area contributed by atoms with Crippen LogP contribution in [0, 0.1) is 0 Å². The number of carbonyl (C=O) groups is 1. The van der Waals surface area contributed by atoms with Crippen molar-refractivity contribution in [2.75, 3.05) is 19.7 Å². The third kappa shape index (κ3) is 4.47. The third-order valence-electron chi connectivity index (χ3n) is 3.82. The Bertz CT molecular complexity index is 481. The molecule has 1 unspecified atom stereocenters. The molecule has 1 aliphatic rings. The molecule has 22 heavy (non-hydrogen) atoms. The summed E-state index contributed by atoms with van der Waals surface area (Å²) in [6.07, 6.45) is 0.672. The summed E-state index contributed by atoms with van der Waals surface area (Å²) in [7, 11) is 0. The smallest absolute Gasteiger partial charge is 0.410 e. The molecule has 1 aliphatic heterocycles. The fourth-order valence-electron chi connectivity index (χ4n) is 2.87. The molecule has 122 valence electrons. The van der Waals surface area contributed by atoms with Gasteiger partial charge in [0.1, 0.15) is 5.60 Å². The first-order chi connectivity index (χ1) is 10.4. The summed E-state index contributed by atoms with van der Waals surface area (Å²) in [6.45, 7) is 9.61. The van der Waals surface area contributed by atoms with Crippen molar-refractivity contribution in [1.29, 1.82) is 0 Å². The fourth-order valence-corrected chi connectivity index (χ4v) is 2.87. The molecule has 4 heteroatoms. The molecule has 4 nitrogen and oxygen atoms in total. The van der Waals surface area contributed by atoms with Gasteiger partial charge in [0.05, 0.1) is 12.6 Å². The van der Waals surface area contributed by atoms with E-state index in [0.717, 1.165) is 6.42 Å². The second-order valence-corrected chi connectivity index (χ2v) is 6.73. The molecule has 0 aliphatic carbocycles. The first-order valence-electron chi connectivity index (χ1n) is 8.05. The molecule has 1 amide bonds. The zero-order valence-corrected chi connectivity index (χ0v) is 14.0. The molecule has 0 radical (unpaired) electrons. The number of ether oxygens (including phenoxy) is 2. The SMILES string of the molecule is CCO[C@@H]1CN(C(=O)OC(C)(C)C)CCC1c1ccccc1. The van der Waals surface area contributed by atoms with Crippen molar-refractivity contribution in [3.63, 3.8) is 0 Å². The molecule has 2 atom stereocenters. The van der Waals surface area contributed by atoms with Gasteiger partial charge in [0.15, 0.2) is 0 Å². The summed E-state index contributed by atoms with van der Waals surface area (Å²) >= 11 is 0. The lowest BCUT2D eigenvalue weighted by molar-refractivity contribution is -0.0263. The molecule has 1 aromatic rings. The Balaban J connectivity index is 2.06. The quantitative estimate of drug-likeness (QED) is 0.852. The normalized spacial score (nSPS) is 22.5. The number of likely N-dealkylation sites (tertiary alicyclic amines) is 1. The number of rotatable bonds is 3. The van der Waals surface area contributed by atoms with Gasteiger partial charge in [-0.25, -0.2) is 4.79 Å². The number of nitrogens with zero attached hydrogens (tertiary/aromatic N) is 1. The van der Waals surface area contributed by atoms with Crippen LogP contribution in [0.4, 0.5) is 4.79 Å². The largest absolute Gasteiger partial charge is 0.444 e. The molecular weight excluding hydrogens is 278 g/mol. The van der Waals surface area contributed by atoms with Gasteiger partial charge in [-0.05, 0) is 39.7 Å².